The number of hydrogen-bond donors (Lipinski definition) is 0. The molecule has 0 aliphatic carbocycles. The van der Waals surface area contributed by atoms with Gasteiger partial charge in [-0.3, -0.25) is 9.98 Å². The fraction of sp³-hybridized carbons (Fsp3) is 0.579. The van der Waals surface area contributed by atoms with Crippen LogP contribution in [0.1, 0.15) is 51.0 Å². The standard InChI is InChI=1S/C19H27N3S/c1-7-14(8-2)15-11-22(6)18-19(15,5)21-13(4)16(20-18)17-12(3)9-10-23-17/h9-11,14,18H,7-8H2,1-6H3. The van der Waals surface area contributed by atoms with E-state index in [0.717, 1.165) is 24.3 Å². The number of rotatable bonds is 4. The lowest BCUT2D eigenvalue weighted by Gasteiger charge is -2.37. The average molecular weight is 330 g/mol. The number of likely N-dealkylation sites (N-methyl/N-ethyl adjacent to an activating group) is 1. The predicted molar refractivity (Wildman–Crippen MR) is 101 cm³/mol. The van der Waals surface area contributed by atoms with Gasteiger partial charge in [-0.25, -0.2) is 0 Å². The Labute approximate surface area is 143 Å². The zero-order chi connectivity index (χ0) is 16.8. The summed E-state index contributed by atoms with van der Waals surface area (Å²) in [5, 5.41) is 2.14. The van der Waals surface area contributed by atoms with Crippen molar-refractivity contribution in [3.8, 4) is 0 Å². The van der Waals surface area contributed by atoms with Crippen molar-refractivity contribution in [2.45, 2.75) is 59.2 Å². The molecule has 2 aliphatic heterocycles. The lowest BCUT2D eigenvalue weighted by molar-refractivity contribution is 0.276. The minimum absolute atomic E-state index is 0.0818. The monoisotopic (exact) mass is 329 g/mol. The second-order valence-electron chi connectivity index (χ2n) is 6.89. The zero-order valence-electron chi connectivity index (χ0n) is 15.1. The third kappa shape index (κ3) is 2.47. The molecule has 4 heteroatoms. The molecule has 0 fully saturated rings. The van der Waals surface area contributed by atoms with Gasteiger partial charge in [-0.1, -0.05) is 13.8 Å². The summed E-state index contributed by atoms with van der Waals surface area (Å²) < 4.78 is 0. The SMILES string of the molecule is CCC(CC)C1=CN(C)C2N=C(c3sccc3C)C(C)=NC12C. The lowest BCUT2D eigenvalue weighted by atomic mass is 9.80. The van der Waals surface area contributed by atoms with Crippen molar-refractivity contribution in [2.75, 3.05) is 7.05 Å². The van der Waals surface area contributed by atoms with Gasteiger partial charge in [0.15, 0.2) is 0 Å². The van der Waals surface area contributed by atoms with Crippen LogP contribution in [0.5, 0.6) is 0 Å². The lowest BCUT2D eigenvalue weighted by Crippen LogP contribution is -2.46. The van der Waals surface area contributed by atoms with Crippen LogP contribution in [0.25, 0.3) is 0 Å². The predicted octanol–water partition coefficient (Wildman–Crippen LogP) is 4.67. The Bertz CT molecular complexity index is 693. The van der Waals surface area contributed by atoms with Crippen molar-refractivity contribution >= 4 is 22.8 Å². The highest BCUT2D eigenvalue weighted by Gasteiger charge is 2.48. The second-order valence-corrected chi connectivity index (χ2v) is 7.81. The van der Waals surface area contributed by atoms with E-state index in [1.54, 1.807) is 11.3 Å². The van der Waals surface area contributed by atoms with Crippen LogP contribution in [-0.2, 0) is 0 Å². The molecule has 3 heterocycles. The van der Waals surface area contributed by atoms with Crippen LogP contribution < -0.4 is 0 Å². The quantitative estimate of drug-likeness (QED) is 0.789. The van der Waals surface area contributed by atoms with Crippen molar-refractivity contribution < 1.29 is 0 Å². The minimum Gasteiger partial charge on any atom is -0.357 e. The molecule has 3 rings (SSSR count). The van der Waals surface area contributed by atoms with Gasteiger partial charge in [0, 0.05) is 13.2 Å². The van der Waals surface area contributed by atoms with Crippen LogP contribution in [0.4, 0.5) is 0 Å². The third-order valence-corrected chi connectivity index (χ3v) is 6.34. The Morgan fingerprint density at radius 2 is 2.00 bits per heavy atom. The maximum absolute atomic E-state index is 5.19. The molecule has 1 aromatic rings. The molecular formula is C19H27N3S. The molecule has 2 aliphatic rings. The Morgan fingerprint density at radius 3 is 2.57 bits per heavy atom. The van der Waals surface area contributed by atoms with Gasteiger partial charge in [0.2, 0.25) is 0 Å². The smallest absolute Gasteiger partial charge is 0.150 e. The molecule has 0 amide bonds. The van der Waals surface area contributed by atoms with Gasteiger partial charge < -0.3 is 4.90 Å². The number of aryl methyl sites for hydroxylation is 1. The van der Waals surface area contributed by atoms with Crippen LogP contribution in [-0.4, -0.2) is 35.1 Å². The first-order valence-corrected chi connectivity index (χ1v) is 9.43. The summed E-state index contributed by atoms with van der Waals surface area (Å²) in [6, 6.07) is 2.16. The number of hydrogen-bond acceptors (Lipinski definition) is 4. The first kappa shape index (κ1) is 16.4. The van der Waals surface area contributed by atoms with E-state index in [9.17, 15) is 0 Å². The first-order valence-electron chi connectivity index (χ1n) is 8.55. The number of aliphatic imine (C=N–C) groups is 2. The number of fused-ring (bicyclic) bond motifs is 1. The van der Waals surface area contributed by atoms with E-state index < -0.39 is 0 Å². The van der Waals surface area contributed by atoms with Crippen LogP contribution in [0, 0.1) is 12.8 Å². The molecule has 0 saturated carbocycles. The van der Waals surface area contributed by atoms with E-state index >= 15 is 0 Å². The first-order chi connectivity index (χ1) is 10.9. The Morgan fingerprint density at radius 1 is 1.30 bits per heavy atom. The highest BCUT2D eigenvalue weighted by atomic mass is 32.1. The molecule has 124 valence electrons. The van der Waals surface area contributed by atoms with Crippen molar-refractivity contribution in [2.24, 2.45) is 15.9 Å². The van der Waals surface area contributed by atoms with E-state index in [1.807, 2.05) is 0 Å². The maximum atomic E-state index is 5.19. The third-order valence-electron chi connectivity index (χ3n) is 5.31. The highest BCUT2D eigenvalue weighted by molar-refractivity contribution is 7.13. The summed E-state index contributed by atoms with van der Waals surface area (Å²) in [6.45, 7) is 11.1. The fourth-order valence-corrected chi connectivity index (χ4v) is 4.98. The topological polar surface area (TPSA) is 28.0 Å². The van der Waals surface area contributed by atoms with Gasteiger partial charge >= 0.3 is 0 Å². The van der Waals surface area contributed by atoms with Gasteiger partial charge in [0.25, 0.3) is 0 Å². The summed E-state index contributed by atoms with van der Waals surface area (Å²) in [5.74, 6) is 0.587. The normalized spacial score (nSPS) is 27.0. The number of nitrogens with zero attached hydrogens (tertiary/aromatic N) is 3. The fourth-order valence-electron chi connectivity index (χ4n) is 4.01. The molecule has 0 saturated heterocycles. The Balaban J connectivity index is 2.05. The van der Waals surface area contributed by atoms with Gasteiger partial charge in [-0.2, -0.15) is 0 Å². The summed E-state index contributed by atoms with van der Waals surface area (Å²) in [4.78, 5) is 13.9. The van der Waals surface area contributed by atoms with E-state index in [0.29, 0.717) is 5.92 Å². The van der Waals surface area contributed by atoms with Gasteiger partial charge in [-0.15, -0.1) is 11.3 Å². The van der Waals surface area contributed by atoms with Crippen molar-refractivity contribution in [1.82, 2.24) is 4.90 Å². The minimum atomic E-state index is -0.218. The van der Waals surface area contributed by atoms with E-state index in [1.165, 1.54) is 16.0 Å². The molecule has 0 bridgehead atoms. The molecular weight excluding hydrogens is 302 g/mol. The van der Waals surface area contributed by atoms with Crippen LogP contribution in [0.2, 0.25) is 0 Å². The second kappa shape index (κ2) is 5.90. The van der Waals surface area contributed by atoms with Crippen LogP contribution in [0.3, 0.4) is 0 Å². The molecule has 0 spiro atoms. The maximum Gasteiger partial charge on any atom is 0.150 e. The zero-order valence-corrected chi connectivity index (χ0v) is 15.9. The van der Waals surface area contributed by atoms with Gasteiger partial charge in [-0.05, 0) is 62.1 Å². The molecule has 2 unspecified atom stereocenters. The average Bonchev–Trinajstić information content (AvgIpc) is 3.02. The summed E-state index contributed by atoms with van der Waals surface area (Å²) in [6.07, 6.45) is 4.70. The molecule has 2 atom stereocenters. The Kier molecular flexibility index (Phi) is 4.21. The molecule has 0 N–H and O–H groups in total. The van der Waals surface area contributed by atoms with Crippen molar-refractivity contribution in [3.05, 3.63) is 33.7 Å². The number of thiophene rings is 1. The van der Waals surface area contributed by atoms with E-state index in [-0.39, 0.29) is 11.7 Å². The molecule has 3 nitrogen and oxygen atoms in total. The largest absolute Gasteiger partial charge is 0.357 e. The molecule has 0 radical (unpaired) electrons. The molecule has 1 aromatic heterocycles. The summed E-state index contributed by atoms with van der Waals surface area (Å²) in [7, 11) is 2.14. The van der Waals surface area contributed by atoms with Gasteiger partial charge in [0.05, 0.1) is 16.3 Å². The van der Waals surface area contributed by atoms with E-state index in [2.05, 4.69) is 64.2 Å². The summed E-state index contributed by atoms with van der Waals surface area (Å²) in [5.41, 5.74) is 4.66. The van der Waals surface area contributed by atoms with Crippen LogP contribution >= 0.6 is 11.3 Å². The summed E-state index contributed by atoms with van der Waals surface area (Å²) >= 11 is 1.76. The molecule has 0 aromatic carbocycles. The van der Waals surface area contributed by atoms with Crippen molar-refractivity contribution in [1.29, 1.82) is 0 Å². The highest BCUT2D eigenvalue weighted by Crippen LogP contribution is 2.44. The van der Waals surface area contributed by atoms with E-state index in [4.69, 9.17) is 9.98 Å². The Hall–Kier alpha value is -1.42. The van der Waals surface area contributed by atoms with Crippen LogP contribution in [0.15, 0.2) is 33.2 Å². The molecule has 23 heavy (non-hydrogen) atoms. The van der Waals surface area contributed by atoms with Gasteiger partial charge in [0.1, 0.15) is 11.7 Å². The van der Waals surface area contributed by atoms with Crippen molar-refractivity contribution in [3.63, 3.8) is 0 Å².